The first-order chi connectivity index (χ1) is 16.4. The molecule has 3 aromatic rings. The maximum Gasteiger partial charge on any atom is 0.323 e. The van der Waals surface area contributed by atoms with Gasteiger partial charge in [-0.15, -0.1) is 0 Å². The van der Waals surface area contributed by atoms with Crippen LogP contribution in [0.15, 0.2) is 60.8 Å². The van der Waals surface area contributed by atoms with E-state index in [0.29, 0.717) is 26.1 Å². The van der Waals surface area contributed by atoms with E-state index in [1.54, 1.807) is 11.1 Å². The first-order valence-electron chi connectivity index (χ1n) is 11.3. The van der Waals surface area contributed by atoms with Crippen LogP contribution in [-0.2, 0) is 19.5 Å². The van der Waals surface area contributed by atoms with E-state index in [1.807, 2.05) is 80.5 Å². The normalized spacial score (nSPS) is 12.5. The molecule has 8 nitrogen and oxygen atoms in total. The van der Waals surface area contributed by atoms with E-state index in [1.165, 1.54) is 0 Å². The molecule has 34 heavy (non-hydrogen) atoms. The van der Waals surface area contributed by atoms with Gasteiger partial charge in [-0.05, 0) is 54.3 Å². The number of rotatable bonds is 5. The highest BCUT2D eigenvalue weighted by molar-refractivity contribution is 6.00. The summed E-state index contributed by atoms with van der Waals surface area (Å²) in [6.07, 6.45) is 2.45. The molecule has 0 fully saturated rings. The van der Waals surface area contributed by atoms with Crippen LogP contribution in [0.4, 0.5) is 26.8 Å². The van der Waals surface area contributed by atoms with Crippen molar-refractivity contribution in [3.63, 3.8) is 0 Å². The Morgan fingerprint density at radius 2 is 1.82 bits per heavy atom. The molecule has 0 spiro atoms. The number of nitrogens with zero attached hydrogens (tertiary/aromatic N) is 3. The Hall–Kier alpha value is -4.07. The molecule has 2 heterocycles. The van der Waals surface area contributed by atoms with Crippen molar-refractivity contribution in [3.8, 4) is 0 Å². The van der Waals surface area contributed by atoms with E-state index < -0.39 is 0 Å². The molecule has 1 aromatic heterocycles. The molecule has 4 amide bonds. The Labute approximate surface area is 200 Å². The van der Waals surface area contributed by atoms with Crippen molar-refractivity contribution >= 4 is 29.3 Å². The summed E-state index contributed by atoms with van der Waals surface area (Å²) in [6, 6.07) is 17.0. The van der Waals surface area contributed by atoms with Crippen LogP contribution in [0, 0.1) is 6.92 Å². The van der Waals surface area contributed by atoms with Crippen molar-refractivity contribution < 1.29 is 9.59 Å². The van der Waals surface area contributed by atoms with Gasteiger partial charge in [0.2, 0.25) is 0 Å². The molecule has 4 rings (SSSR count). The number of benzene rings is 2. The summed E-state index contributed by atoms with van der Waals surface area (Å²) in [5.41, 5.74) is 5.69. The average Bonchev–Trinajstić information content (AvgIpc) is 2.84. The number of amides is 4. The summed E-state index contributed by atoms with van der Waals surface area (Å²) in [5, 5.41) is 8.80. The maximum atomic E-state index is 12.8. The molecule has 0 saturated carbocycles. The SMILES string of the molecule is Cc1ccc(NC(=O)Nc2cccc3c2CCN(C(=O)NCc2ccc(N(C)C)nc2)C3)cc1. The number of urea groups is 2. The maximum absolute atomic E-state index is 12.8. The molecule has 8 heteroatoms. The van der Waals surface area contributed by atoms with Crippen LogP contribution < -0.4 is 20.9 Å². The van der Waals surface area contributed by atoms with Gasteiger partial charge in [-0.1, -0.05) is 35.9 Å². The van der Waals surface area contributed by atoms with Crippen LogP contribution in [0.3, 0.4) is 0 Å². The zero-order chi connectivity index (χ0) is 24.1. The lowest BCUT2D eigenvalue weighted by Crippen LogP contribution is -2.42. The highest BCUT2D eigenvalue weighted by atomic mass is 16.2. The van der Waals surface area contributed by atoms with Crippen molar-refractivity contribution in [2.45, 2.75) is 26.4 Å². The van der Waals surface area contributed by atoms with E-state index >= 15 is 0 Å². The minimum atomic E-state index is -0.286. The first-order valence-corrected chi connectivity index (χ1v) is 11.3. The highest BCUT2D eigenvalue weighted by Gasteiger charge is 2.23. The van der Waals surface area contributed by atoms with Crippen molar-refractivity contribution in [1.29, 1.82) is 0 Å². The summed E-state index contributed by atoms with van der Waals surface area (Å²) in [7, 11) is 3.88. The Morgan fingerprint density at radius 1 is 1.03 bits per heavy atom. The predicted octanol–water partition coefficient (Wildman–Crippen LogP) is 4.37. The number of aromatic nitrogens is 1. The van der Waals surface area contributed by atoms with Gasteiger partial charge in [0, 0.05) is 51.3 Å². The fourth-order valence-electron chi connectivity index (χ4n) is 3.90. The Balaban J connectivity index is 1.34. The van der Waals surface area contributed by atoms with Crippen LogP contribution in [0.25, 0.3) is 0 Å². The number of aryl methyl sites for hydroxylation is 1. The molecule has 3 N–H and O–H groups in total. The number of anilines is 3. The molecule has 2 aromatic carbocycles. The molecule has 0 atom stereocenters. The monoisotopic (exact) mass is 458 g/mol. The van der Waals surface area contributed by atoms with Gasteiger partial charge in [-0.2, -0.15) is 0 Å². The lowest BCUT2D eigenvalue weighted by atomic mass is 9.98. The van der Waals surface area contributed by atoms with Gasteiger partial charge in [-0.25, -0.2) is 14.6 Å². The predicted molar refractivity (Wildman–Crippen MR) is 135 cm³/mol. The third-order valence-corrected chi connectivity index (χ3v) is 5.82. The number of carbonyl (C=O) groups excluding carboxylic acids is 2. The summed E-state index contributed by atoms with van der Waals surface area (Å²) < 4.78 is 0. The van der Waals surface area contributed by atoms with Crippen molar-refractivity contribution in [2.24, 2.45) is 0 Å². The number of carbonyl (C=O) groups is 2. The van der Waals surface area contributed by atoms with Gasteiger partial charge in [0.15, 0.2) is 0 Å². The van der Waals surface area contributed by atoms with Gasteiger partial charge in [0.25, 0.3) is 0 Å². The number of hydrogen-bond donors (Lipinski definition) is 3. The minimum absolute atomic E-state index is 0.113. The fraction of sp³-hybridized carbons (Fsp3) is 0.269. The molecule has 0 unspecified atom stereocenters. The summed E-state index contributed by atoms with van der Waals surface area (Å²) in [6.45, 7) is 3.50. The molecule has 0 saturated heterocycles. The smallest absolute Gasteiger partial charge is 0.323 e. The van der Waals surface area contributed by atoms with Crippen LogP contribution >= 0.6 is 0 Å². The Morgan fingerprint density at radius 3 is 2.53 bits per heavy atom. The molecule has 176 valence electrons. The van der Waals surface area contributed by atoms with Gasteiger partial charge >= 0.3 is 12.1 Å². The van der Waals surface area contributed by atoms with Crippen molar-refractivity contribution in [3.05, 3.63) is 83.0 Å². The molecular formula is C26H30N6O2. The lowest BCUT2D eigenvalue weighted by molar-refractivity contribution is 0.192. The van der Waals surface area contributed by atoms with Crippen LogP contribution in [0.1, 0.15) is 22.3 Å². The topological polar surface area (TPSA) is 89.6 Å². The third kappa shape index (κ3) is 5.64. The molecule has 1 aliphatic rings. The molecule has 0 bridgehead atoms. The highest BCUT2D eigenvalue weighted by Crippen LogP contribution is 2.26. The average molecular weight is 459 g/mol. The number of pyridine rings is 1. The van der Waals surface area contributed by atoms with Gasteiger partial charge < -0.3 is 25.8 Å². The van der Waals surface area contributed by atoms with Gasteiger partial charge in [-0.3, -0.25) is 0 Å². The van der Waals surface area contributed by atoms with Crippen molar-refractivity contribution in [1.82, 2.24) is 15.2 Å². The summed E-state index contributed by atoms with van der Waals surface area (Å²) in [5.74, 6) is 0.875. The number of fused-ring (bicyclic) bond motifs is 1. The van der Waals surface area contributed by atoms with E-state index in [9.17, 15) is 9.59 Å². The second-order valence-corrected chi connectivity index (χ2v) is 8.64. The second-order valence-electron chi connectivity index (χ2n) is 8.64. The van der Waals surface area contributed by atoms with Crippen LogP contribution in [-0.4, -0.2) is 42.6 Å². The number of nitrogens with one attached hydrogen (secondary N) is 3. The standard InChI is InChI=1S/C26H30N6O2/c1-18-7-10-21(11-8-18)29-25(33)30-23-6-4-5-20-17-32(14-13-22(20)23)26(34)28-16-19-9-12-24(27-15-19)31(2)3/h4-12,15H,13-14,16-17H2,1-3H3,(H,28,34)(H2,29,30,33). The van der Waals surface area contributed by atoms with E-state index in [-0.39, 0.29) is 12.1 Å². The second kappa shape index (κ2) is 10.2. The third-order valence-electron chi connectivity index (χ3n) is 5.82. The molecular weight excluding hydrogens is 428 g/mol. The Bertz CT molecular complexity index is 1160. The van der Waals surface area contributed by atoms with Crippen LogP contribution in [0.5, 0.6) is 0 Å². The van der Waals surface area contributed by atoms with E-state index in [4.69, 9.17) is 0 Å². The van der Waals surface area contributed by atoms with Crippen LogP contribution in [0.2, 0.25) is 0 Å². The number of hydrogen-bond acceptors (Lipinski definition) is 4. The lowest BCUT2D eigenvalue weighted by Gasteiger charge is -2.30. The van der Waals surface area contributed by atoms with E-state index in [0.717, 1.165) is 39.4 Å². The molecule has 1 aliphatic heterocycles. The zero-order valence-corrected chi connectivity index (χ0v) is 19.8. The summed E-state index contributed by atoms with van der Waals surface area (Å²) >= 11 is 0. The van der Waals surface area contributed by atoms with E-state index in [2.05, 4.69) is 20.9 Å². The quantitative estimate of drug-likeness (QED) is 0.530. The van der Waals surface area contributed by atoms with Gasteiger partial charge in [0.1, 0.15) is 5.82 Å². The minimum Gasteiger partial charge on any atom is -0.363 e. The molecule has 0 aliphatic carbocycles. The van der Waals surface area contributed by atoms with Crippen molar-refractivity contribution in [2.75, 3.05) is 36.2 Å². The largest absolute Gasteiger partial charge is 0.363 e. The molecule has 0 radical (unpaired) electrons. The summed E-state index contributed by atoms with van der Waals surface area (Å²) in [4.78, 5) is 33.4. The van der Waals surface area contributed by atoms with Gasteiger partial charge in [0.05, 0.1) is 0 Å². The Kier molecular flexibility index (Phi) is 6.96. The zero-order valence-electron chi connectivity index (χ0n) is 19.8. The fourth-order valence-corrected chi connectivity index (χ4v) is 3.90. The first kappa shape index (κ1) is 23.1.